The summed E-state index contributed by atoms with van der Waals surface area (Å²) in [7, 11) is 3.15. The van der Waals surface area contributed by atoms with Crippen LogP contribution in [0.4, 0.5) is 18.9 Å². The number of benzene rings is 1. The molecule has 0 aliphatic carbocycles. The number of methoxy groups -OCH3 is 1. The van der Waals surface area contributed by atoms with E-state index in [0.29, 0.717) is 11.3 Å². The van der Waals surface area contributed by atoms with E-state index in [0.717, 1.165) is 12.1 Å². The van der Waals surface area contributed by atoms with Crippen LogP contribution in [0.2, 0.25) is 0 Å². The second-order valence-corrected chi connectivity index (χ2v) is 4.54. The molecule has 1 unspecified atom stereocenters. The summed E-state index contributed by atoms with van der Waals surface area (Å²) < 4.78 is 42.7. The molecule has 1 aromatic rings. The van der Waals surface area contributed by atoms with Crippen molar-refractivity contribution >= 4 is 5.69 Å². The SMILES string of the molecule is COCC(O)CN(C)c1ccc(C(F)(F)F)cc1CN. The van der Waals surface area contributed by atoms with Crippen LogP contribution in [-0.4, -0.2) is 38.5 Å². The normalized spacial score (nSPS) is 13.3. The number of nitrogens with zero attached hydrogens (tertiary/aromatic N) is 1. The molecule has 0 saturated heterocycles. The maximum atomic E-state index is 12.6. The molecule has 0 heterocycles. The van der Waals surface area contributed by atoms with Gasteiger partial charge in [-0.2, -0.15) is 13.2 Å². The molecule has 1 aromatic carbocycles. The first-order valence-electron chi connectivity index (χ1n) is 6.08. The van der Waals surface area contributed by atoms with E-state index in [1.807, 2.05) is 0 Å². The number of hydrogen-bond donors (Lipinski definition) is 2. The number of hydrogen-bond acceptors (Lipinski definition) is 4. The van der Waals surface area contributed by atoms with Gasteiger partial charge in [-0.05, 0) is 23.8 Å². The van der Waals surface area contributed by atoms with Crippen molar-refractivity contribution in [2.45, 2.75) is 18.8 Å². The van der Waals surface area contributed by atoms with Crippen molar-refractivity contribution in [3.05, 3.63) is 29.3 Å². The smallest absolute Gasteiger partial charge is 0.389 e. The first-order chi connectivity index (χ1) is 9.29. The van der Waals surface area contributed by atoms with Crippen molar-refractivity contribution in [2.24, 2.45) is 5.73 Å². The number of alkyl halides is 3. The Hall–Kier alpha value is -1.31. The van der Waals surface area contributed by atoms with Crippen molar-refractivity contribution in [2.75, 3.05) is 32.2 Å². The second kappa shape index (κ2) is 6.92. The van der Waals surface area contributed by atoms with Gasteiger partial charge in [-0.3, -0.25) is 0 Å². The molecule has 0 spiro atoms. The lowest BCUT2D eigenvalue weighted by atomic mass is 10.1. The molecule has 3 N–H and O–H groups in total. The minimum Gasteiger partial charge on any atom is -0.389 e. The summed E-state index contributed by atoms with van der Waals surface area (Å²) in [6.45, 7) is 0.388. The van der Waals surface area contributed by atoms with Gasteiger partial charge < -0.3 is 20.5 Å². The van der Waals surface area contributed by atoms with Gasteiger partial charge in [-0.15, -0.1) is 0 Å². The fourth-order valence-corrected chi connectivity index (χ4v) is 1.96. The Kier molecular flexibility index (Phi) is 5.79. The summed E-state index contributed by atoms with van der Waals surface area (Å²) >= 11 is 0. The van der Waals surface area contributed by atoms with E-state index in [9.17, 15) is 18.3 Å². The van der Waals surface area contributed by atoms with E-state index in [4.69, 9.17) is 10.5 Å². The molecule has 0 amide bonds. The molecular weight excluding hydrogens is 273 g/mol. The molecule has 1 atom stereocenters. The lowest BCUT2D eigenvalue weighted by molar-refractivity contribution is -0.137. The van der Waals surface area contributed by atoms with Gasteiger partial charge in [-0.25, -0.2) is 0 Å². The topological polar surface area (TPSA) is 58.7 Å². The molecule has 0 radical (unpaired) electrons. The summed E-state index contributed by atoms with van der Waals surface area (Å²) in [4.78, 5) is 1.66. The Morgan fingerprint density at radius 3 is 2.55 bits per heavy atom. The average molecular weight is 292 g/mol. The first-order valence-corrected chi connectivity index (χ1v) is 6.08. The van der Waals surface area contributed by atoms with E-state index in [2.05, 4.69) is 0 Å². The third kappa shape index (κ3) is 4.36. The van der Waals surface area contributed by atoms with E-state index >= 15 is 0 Å². The fraction of sp³-hybridized carbons (Fsp3) is 0.538. The maximum Gasteiger partial charge on any atom is 0.416 e. The third-order valence-electron chi connectivity index (χ3n) is 2.88. The van der Waals surface area contributed by atoms with Crippen molar-refractivity contribution in [3.63, 3.8) is 0 Å². The summed E-state index contributed by atoms with van der Waals surface area (Å²) in [6.07, 6.45) is -5.12. The zero-order chi connectivity index (χ0) is 15.3. The molecule has 0 bridgehead atoms. The van der Waals surface area contributed by atoms with Crippen LogP contribution in [0.3, 0.4) is 0 Å². The summed E-state index contributed by atoms with van der Waals surface area (Å²) in [6, 6.07) is 3.41. The molecule has 0 aliphatic rings. The first kappa shape index (κ1) is 16.7. The van der Waals surface area contributed by atoms with Crippen LogP contribution in [0, 0.1) is 0 Å². The van der Waals surface area contributed by atoms with Gasteiger partial charge in [-0.1, -0.05) is 0 Å². The average Bonchev–Trinajstić information content (AvgIpc) is 2.37. The van der Waals surface area contributed by atoms with E-state index in [-0.39, 0.29) is 19.7 Å². The van der Waals surface area contributed by atoms with Gasteiger partial charge in [0, 0.05) is 32.9 Å². The van der Waals surface area contributed by atoms with Crippen molar-refractivity contribution < 1.29 is 23.0 Å². The maximum absolute atomic E-state index is 12.6. The third-order valence-corrected chi connectivity index (χ3v) is 2.88. The van der Waals surface area contributed by atoms with E-state index in [1.54, 1.807) is 11.9 Å². The predicted molar refractivity (Wildman–Crippen MR) is 70.5 cm³/mol. The Bertz CT molecular complexity index is 438. The van der Waals surface area contributed by atoms with E-state index in [1.165, 1.54) is 13.2 Å². The highest BCUT2D eigenvalue weighted by atomic mass is 19.4. The van der Waals surface area contributed by atoms with Crippen LogP contribution in [-0.2, 0) is 17.5 Å². The van der Waals surface area contributed by atoms with Gasteiger partial charge >= 0.3 is 6.18 Å². The number of anilines is 1. The van der Waals surface area contributed by atoms with Crippen LogP contribution in [0.5, 0.6) is 0 Å². The Morgan fingerprint density at radius 2 is 2.05 bits per heavy atom. The summed E-state index contributed by atoms with van der Waals surface area (Å²) in [5, 5.41) is 9.65. The number of ether oxygens (including phenoxy) is 1. The van der Waals surface area contributed by atoms with Gasteiger partial charge in [0.2, 0.25) is 0 Å². The number of halogens is 3. The number of nitrogens with two attached hydrogens (primary N) is 1. The van der Waals surface area contributed by atoms with Gasteiger partial charge in [0.15, 0.2) is 0 Å². The van der Waals surface area contributed by atoms with Crippen LogP contribution in [0.1, 0.15) is 11.1 Å². The van der Waals surface area contributed by atoms with Gasteiger partial charge in [0.1, 0.15) is 0 Å². The van der Waals surface area contributed by atoms with E-state index < -0.39 is 17.8 Å². The number of rotatable bonds is 6. The molecule has 0 saturated carbocycles. The highest BCUT2D eigenvalue weighted by Gasteiger charge is 2.31. The lowest BCUT2D eigenvalue weighted by Gasteiger charge is -2.25. The Balaban J connectivity index is 2.95. The number of aliphatic hydroxyl groups excluding tert-OH is 1. The zero-order valence-electron chi connectivity index (χ0n) is 11.4. The van der Waals surface area contributed by atoms with Crippen LogP contribution >= 0.6 is 0 Å². The molecule has 114 valence electrons. The fourth-order valence-electron chi connectivity index (χ4n) is 1.96. The highest BCUT2D eigenvalue weighted by Crippen LogP contribution is 2.32. The van der Waals surface area contributed by atoms with Crippen molar-refractivity contribution in [1.29, 1.82) is 0 Å². The number of aliphatic hydroxyl groups is 1. The second-order valence-electron chi connectivity index (χ2n) is 4.54. The minimum absolute atomic E-state index is 0.00995. The van der Waals surface area contributed by atoms with Crippen LogP contribution in [0.25, 0.3) is 0 Å². The van der Waals surface area contributed by atoms with Gasteiger partial charge in [0.25, 0.3) is 0 Å². The molecule has 4 nitrogen and oxygen atoms in total. The molecule has 0 fully saturated rings. The lowest BCUT2D eigenvalue weighted by Crippen LogP contribution is -2.32. The minimum atomic E-state index is -4.39. The number of likely N-dealkylation sites (N-methyl/N-ethyl adjacent to an activating group) is 1. The van der Waals surface area contributed by atoms with Crippen molar-refractivity contribution in [1.82, 2.24) is 0 Å². The predicted octanol–water partition coefficient (Wildman–Crippen LogP) is 1.61. The quantitative estimate of drug-likeness (QED) is 0.836. The Labute approximate surface area is 115 Å². The molecule has 0 aromatic heterocycles. The van der Waals surface area contributed by atoms with Crippen molar-refractivity contribution in [3.8, 4) is 0 Å². The largest absolute Gasteiger partial charge is 0.416 e. The standard InChI is InChI=1S/C13H19F3N2O2/c1-18(7-11(19)8-20-2)12-4-3-10(13(14,15)16)5-9(12)6-17/h3-5,11,19H,6-8,17H2,1-2H3. The molecule has 1 rings (SSSR count). The van der Waals surface area contributed by atoms with Crippen LogP contribution in [0.15, 0.2) is 18.2 Å². The zero-order valence-corrected chi connectivity index (χ0v) is 11.4. The summed E-state index contributed by atoms with van der Waals surface area (Å²) in [5.41, 5.74) is 5.73. The monoisotopic (exact) mass is 292 g/mol. The Morgan fingerprint density at radius 1 is 1.40 bits per heavy atom. The molecule has 20 heavy (non-hydrogen) atoms. The molecule has 7 heteroatoms. The van der Waals surface area contributed by atoms with Crippen LogP contribution < -0.4 is 10.6 Å². The molecular formula is C13H19F3N2O2. The summed E-state index contributed by atoms with van der Waals surface area (Å²) in [5.74, 6) is 0. The highest BCUT2D eigenvalue weighted by molar-refractivity contribution is 5.55. The molecule has 0 aliphatic heterocycles. The van der Waals surface area contributed by atoms with Gasteiger partial charge in [0.05, 0.1) is 18.3 Å².